The average molecular weight is 277 g/mol. The molecule has 1 amide bonds. The van der Waals surface area contributed by atoms with E-state index in [0.29, 0.717) is 12.1 Å². The zero-order chi connectivity index (χ0) is 14.9. The van der Waals surface area contributed by atoms with Crippen molar-refractivity contribution >= 4 is 17.7 Å². The van der Waals surface area contributed by atoms with Crippen molar-refractivity contribution in [1.82, 2.24) is 0 Å². The van der Waals surface area contributed by atoms with Gasteiger partial charge in [-0.25, -0.2) is 4.79 Å². The van der Waals surface area contributed by atoms with Crippen LogP contribution in [0.25, 0.3) is 0 Å². The zero-order valence-electron chi connectivity index (χ0n) is 11.8. The molecule has 1 aliphatic rings. The van der Waals surface area contributed by atoms with E-state index in [1.807, 2.05) is 6.07 Å². The Hall–Kier alpha value is -2.04. The number of hydrogen-bond donors (Lipinski definition) is 2. The molecule has 5 nitrogen and oxygen atoms in total. The Kier molecular flexibility index (Phi) is 3.70. The van der Waals surface area contributed by atoms with E-state index in [-0.39, 0.29) is 11.8 Å². The van der Waals surface area contributed by atoms with Gasteiger partial charge in [-0.3, -0.25) is 10.1 Å². The second-order valence-corrected chi connectivity index (χ2v) is 6.04. The molecular weight excluding hydrogens is 258 g/mol. The minimum Gasteiger partial charge on any atom is -0.481 e. The van der Waals surface area contributed by atoms with E-state index in [4.69, 9.17) is 9.84 Å². The third-order valence-corrected chi connectivity index (χ3v) is 3.07. The molecule has 1 aliphatic carbocycles. The average Bonchev–Trinajstić information content (AvgIpc) is 3.06. The van der Waals surface area contributed by atoms with Crippen molar-refractivity contribution in [2.75, 3.05) is 5.32 Å². The van der Waals surface area contributed by atoms with Crippen LogP contribution in [0.3, 0.4) is 0 Å². The predicted molar refractivity (Wildman–Crippen MR) is 74.8 cm³/mol. The van der Waals surface area contributed by atoms with E-state index in [9.17, 15) is 9.59 Å². The number of aliphatic carboxylic acids is 1. The van der Waals surface area contributed by atoms with Gasteiger partial charge in [0.15, 0.2) is 0 Å². The number of nitrogens with one attached hydrogen (secondary N) is 1. The fourth-order valence-electron chi connectivity index (χ4n) is 2.10. The highest BCUT2D eigenvalue weighted by Gasteiger charge is 2.44. The Morgan fingerprint density at radius 3 is 2.60 bits per heavy atom. The minimum atomic E-state index is -0.763. The molecular formula is C15H19NO4. The van der Waals surface area contributed by atoms with E-state index in [0.717, 1.165) is 5.56 Å². The first-order valence-electron chi connectivity index (χ1n) is 6.59. The summed E-state index contributed by atoms with van der Waals surface area (Å²) < 4.78 is 5.17. The summed E-state index contributed by atoms with van der Waals surface area (Å²) in [7, 11) is 0. The first kappa shape index (κ1) is 14.4. The Morgan fingerprint density at radius 2 is 2.05 bits per heavy atom. The summed E-state index contributed by atoms with van der Waals surface area (Å²) in [5, 5.41) is 11.6. The Labute approximate surface area is 117 Å². The van der Waals surface area contributed by atoms with Gasteiger partial charge in [-0.2, -0.15) is 0 Å². The monoisotopic (exact) mass is 277 g/mol. The number of hydrogen-bond acceptors (Lipinski definition) is 3. The largest absolute Gasteiger partial charge is 0.481 e. The molecule has 108 valence electrons. The van der Waals surface area contributed by atoms with E-state index >= 15 is 0 Å². The summed E-state index contributed by atoms with van der Waals surface area (Å²) in [5.74, 6) is -1.01. The molecule has 0 spiro atoms. The van der Waals surface area contributed by atoms with Crippen LogP contribution in [0.5, 0.6) is 0 Å². The van der Waals surface area contributed by atoms with Crippen LogP contribution >= 0.6 is 0 Å². The number of carbonyl (C=O) groups excluding carboxylic acids is 1. The number of rotatable bonds is 3. The van der Waals surface area contributed by atoms with Crippen LogP contribution in [0.2, 0.25) is 0 Å². The van der Waals surface area contributed by atoms with Crippen LogP contribution < -0.4 is 5.32 Å². The van der Waals surface area contributed by atoms with Gasteiger partial charge in [0.1, 0.15) is 5.60 Å². The number of carbonyl (C=O) groups is 2. The number of carboxylic acid groups (broad SMARTS) is 1. The van der Waals surface area contributed by atoms with Gasteiger partial charge in [-0.05, 0) is 50.8 Å². The molecule has 0 aromatic heterocycles. The van der Waals surface area contributed by atoms with Gasteiger partial charge in [-0.1, -0.05) is 12.1 Å². The number of anilines is 1. The molecule has 1 aromatic carbocycles. The number of benzene rings is 1. The standard InChI is InChI=1S/C15H19NO4/c1-15(2,3)20-14(19)16-10-6-4-5-9(7-10)11-8-12(11)13(17)18/h4-7,11-12H,8H2,1-3H3,(H,16,19)(H,17,18)/t11-,12+/m0/s1. The molecule has 2 N–H and O–H groups in total. The van der Waals surface area contributed by atoms with Gasteiger partial charge >= 0.3 is 12.1 Å². The van der Waals surface area contributed by atoms with Gasteiger partial charge in [0.25, 0.3) is 0 Å². The molecule has 1 saturated carbocycles. The summed E-state index contributed by atoms with van der Waals surface area (Å²) in [6, 6.07) is 7.25. The highest BCUT2D eigenvalue weighted by atomic mass is 16.6. The van der Waals surface area contributed by atoms with Crippen molar-refractivity contribution in [3.63, 3.8) is 0 Å². The lowest BCUT2D eigenvalue weighted by atomic mass is 10.1. The minimum absolute atomic E-state index is 0.0490. The quantitative estimate of drug-likeness (QED) is 0.889. The van der Waals surface area contributed by atoms with Crippen LogP contribution in [0, 0.1) is 5.92 Å². The maximum Gasteiger partial charge on any atom is 0.412 e. The van der Waals surface area contributed by atoms with Crippen molar-refractivity contribution in [3.05, 3.63) is 29.8 Å². The lowest BCUT2D eigenvalue weighted by Gasteiger charge is -2.19. The second-order valence-electron chi connectivity index (χ2n) is 6.04. The summed E-state index contributed by atoms with van der Waals surface area (Å²) in [4.78, 5) is 22.5. The first-order chi connectivity index (χ1) is 9.26. The van der Waals surface area contributed by atoms with Crippen molar-refractivity contribution in [1.29, 1.82) is 0 Å². The van der Waals surface area contributed by atoms with Crippen molar-refractivity contribution < 1.29 is 19.4 Å². The molecule has 0 radical (unpaired) electrons. The normalized spacial score (nSPS) is 21.1. The van der Waals surface area contributed by atoms with Gasteiger partial charge in [0.05, 0.1) is 5.92 Å². The molecule has 1 aromatic rings. The fraction of sp³-hybridized carbons (Fsp3) is 0.467. The zero-order valence-corrected chi connectivity index (χ0v) is 11.8. The summed E-state index contributed by atoms with van der Waals surface area (Å²) in [5.41, 5.74) is 1.01. The maximum atomic E-state index is 11.7. The second kappa shape index (κ2) is 5.15. The Morgan fingerprint density at radius 1 is 1.35 bits per heavy atom. The fourth-order valence-corrected chi connectivity index (χ4v) is 2.10. The number of carboxylic acids is 1. The molecule has 2 rings (SSSR count). The third kappa shape index (κ3) is 3.73. The smallest absolute Gasteiger partial charge is 0.412 e. The lowest BCUT2D eigenvalue weighted by molar-refractivity contribution is -0.138. The first-order valence-corrected chi connectivity index (χ1v) is 6.59. The van der Waals surface area contributed by atoms with Crippen molar-refractivity contribution in [3.8, 4) is 0 Å². The van der Waals surface area contributed by atoms with E-state index in [2.05, 4.69) is 5.32 Å². The van der Waals surface area contributed by atoms with E-state index in [1.54, 1.807) is 39.0 Å². The van der Waals surface area contributed by atoms with Crippen LogP contribution in [0.4, 0.5) is 10.5 Å². The third-order valence-electron chi connectivity index (χ3n) is 3.07. The Balaban J connectivity index is 2.00. The number of amides is 1. The maximum absolute atomic E-state index is 11.7. The van der Waals surface area contributed by atoms with Crippen molar-refractivity contribution in [2.45, 2.75) is 38.7 Å². The summed E-state index contributed by atoms with van der Waals surface area (Å²) >= 11 is 0. The summed E-state index contributed by atoms with van der Waals surface area (Å²) in [6.45, 7) is 5.39. The van der Waals surface area contributed by atoms with Gasteiger partial charge in [-0.15, -0.1) is 0 Å². The van der Waals surface area contributed by atoms with Gasteiger partial charge in [0.2, 0.25) is 0 Å². The van der Waals surface area contributed by atoms with Crippen molar-refractivity contribution in [2.24, 2.45) is 5.92 Å². The van der Waals surface area contributed by atoms with Crippen LogP contribution in [0.15, 0.2) is 24.3 Å². The number of ether oxygens (including phenoxy) is 1. The predicted octanol–water partition coefficient (Wildman–Crippen LogP) is 3.22. The van der Waals surface area contributed by atoms with Crippen LogP contribution in [-0.2, 0) is 9.53 Å². The molecule has 2 atom stereocenters. The van der Waals surface area contributed by atoms with E-state index < -0.39 is 17.7 Å². The van der Waals surface area contributed by atoms with Crippen LogP contribution in [-0.4, -0.2) is 22.8 Å². The molecule has 0 saturated heterocycles. The molecule has 0 bridgehead atoms. The molecule has 0 unspecified atom stereocenters. The molecule has 5 heteroatoms. The van der Waals surface area contributed by atoms with E-state index in [1.165, 1.54) is 0 Å². The van der Waals surface area contributed by atoms with Gasteiger partial charge < -0.3 is 9.84 Å². The van der Waals surface area contributed by atoms with Crippen LogP contribution in [0.1, 0.15) is 38.7 Å². The molecule has 0 heterocycles. The topological polar surface area (TPSA) is 75.6 Å². The SMILES string of the molecule is CC(C)(C)OC(=O)Nc1cccc([C@@H]2C[C@H]2C(=O)O)c1. The summed E-state index contributed by atoms with van der Waals surface area (Å²) in [6.07, 6.45) is 0.144. The Bertz CT molecular complexity index is 533. The molecule has 1 fully saturated rings. The highest BCUT2D eigenvalue weighted by Crippen LogP contribution is 2.47. The molecule has 20 heavy (non-hydrogen) atoms. The molecule has 0 aliphatic heterocycles. The highest BCUT2D eigenvalue weighted by molar-refractivity contribution is 5.85. The lowest BCUT2D eigenvalue weighted by Crippen LogP contribution is -2.27. The van der Waals surface area contributed by atoms with Gasteiger partial charge in [0, 0.05) is 5.69 Å².